The molecule has 104 valence electrons. The van der Waals surface area contributed by atoms with Crippen molar-refractivity contribution in [1.29, 1.82) is 0 Å². The maximum absolute atomic E-state index is 11.4. The van der Waals surface area contributed by atoms with Crippen LogP contribution in [-0.2, 0) is 9.84 Å². The van der Waals surface area contributed by atoms with Crippen LogP contribution in [-0.4, -0.2) is 30.0 Å². The minimum Gasteiger partial charge on any atom is -0.369 e. The molecule has 0 aliphatic rings. The van der Waals surface area contributed by atoms with Gasteiger partial charge in [0.1, 0.15) is 9.84 Å². The highest BCUT2D eigenvalue weighted by Gasteiger charge is 2.19. The monoisotopic (exact) mass is 321 g/mol. The molecule has 1 aromatic carbocycles. The Kier molecular flexibility index (Phi) is 3.68. The van der Waals surface area contributed by atoms with Crippen molar-refractivity contribution in [2.75, 3.05) is 17.7 Å². The average molecular weight is 322 g/mol. The zero-order valence-corrected chi connectivity index (χ0v) is 12.7. The molecule has 0 saturated carbocycles. The highest BCUT2D eigenvalue weighted by Crippen LogP contribution is 2.31. The average Bonchev–Trinajstić information content (AvgIpc) is 2.52. The summed E-state index contributed by atoms with van der Waals surface area (Å²) in [4.78, 5) is 4.17. The molecule has 0 aliphatic carbocycles. The van der Waals surface area contributed by atoms with Crippen LogP contribution in [0.4, 0.5) is 5.95 Å². The third kappa shape index (κ3) is 2.96. The lowest BCUT2D eigenvalue weighted by Gasteiger charge is -2.15. The van der Waals surface area contributed by atoms with Gasteiger partial charge in [0.05, 0.1) is 26.8 Å². The van der Waals surface area contributed by atoms with Crippen LogP contribution >= 0.6 is 23.2 Å². The summed E-state index contributed by atoms with van der Waals surface area (Å²) >= 11 is 11.9. The second-order valence-corrected chi connectivity index (χ2v) is 7.54. The number of nitrogen functional groups attached to an aromatic ring is 1. The molecule has 0 saturated heterocycles. The second kappa shape index (κ2) is 4.85. The molecule has 1 unspecified atom stereocenters. The van der Waals surface area contributed by atoms with E-state index in [1.807, 2.05) is 0 Å². The zero-order valence-electron chi connectivity index (χ0n) is 10.4. The fraction of sp³-hybridized carbons (Fsp3) is 0.364. The number of sulfone groups is 1. The molecule has 0 fully saturated rings. The lowest BCUT2D eigenvalue weighted by Crippen LogP contribution is -2.18. The van der Waals surface area contributed by atoms with Crippen molar-refractivity contribution in [2.45, 2.75) is 13.0 Å². The van der Waals surface area contributed by atoms with E-state index in [4.69, 9.17) is 28.9 Å². The minimum absolute atomic E-state index is 0.0249. The van der Waals surface area contributed by atoms with Crippen molar-refractivity contribution in [3.05, 3.63) is 22.2 Å². The maximum Gasteiger partial charge on any atom is 0.201 e. The largest absolute Gasteiger partial charge is 0.369 e. The first-order chi connectivity index (χ1) is 8.69. The molecular formula is C11H13Cl2N3O2S. The highest BCUT2D eigenvalue weighted by atomic mass is 35.5. The van der Waals surface area contributed by atoms with E-state index in [0.29, 0.717) is 21.1 Å². The predicted octanol–water partition coefficient (Wildman–Crippen LogP) is 2.53. The fourth-order valence-electron chi connectivity index (χ4n) is 2.08. The third-order valence-corrected chi connectivity index (χ3v) is 4.55. The van der Waals surface area contributed by atoms with E-state index in [9.17, 15) is 8.42 Å². The fourth-order valence-corrected chi connectivity index (χ4v) is 3.43. The number of aromatic nitrogens is 2. The van der Waals surface area contributed by atoms with Gasteiger partial charge in [-0.15, -0.1) is 0 Å². The Balaban J connectivity index is 2.60. The van der Waals surface area contributed by atoms with E-state index in [-0.39, 0.29) is 17.7 Å². The van der Waals surface area contributed by atoms with Gasteiger partial charge in [-0.05, 0) is 19.1 Å². The van der Waals surface area contributed by atoms with Gasteiger partial charge in [-0.1, -0.05) is 23.2 Å². The number of halogens is 2. The van der Waals surface area contributed by atoms with Gasteiger partial charge >= 0.3 is 0 Å². The van der Waals surface area contributed by atoms with E-state index in [1.165, 1.54) is 6.26 Å². The highest BCUT2D eigenvalue weighted by molar-refractivity contribution is 7.90. The maximum atomic E-state index is 11.4. The number of hydrogen-bond acceptors (Lipinski definition) is 4. The number of hydrogen-bond donors (Lipinski definition) is 1. The number of benzene rings is 1. The van der Waals surface area contributed by atoms with Crippen molar-refractivity contribution in [3.63, 3.8) is 0 Å². The summed E-state index contributed by atoms with van der Waals surface area (Å²) in [6.45, 7) is 1.76. The third-order valence-electron chi connectivity index (χ3n) is 2.74. The lowest BCUT2D eigenvalue weighted by molar-refractivity contribution is 0.571. The molecule has 1 heterocycles. The first kappa shape index (κ1) is 14.4. The molecule has 8 heteroatoms. The molecule has 0 bridgehead atoms. The SMILES string of the molecule is CC(CS(C)(=O)=O)n1c(N)nc2cc(Cl)c(Cl)cc21. The summed E-state index contributed by atoms with van der Waals surface area (Å²) < 4.78 is 24.4. The van der Waals surface area contributed by atoms with Crippen LogP contribution in [0.25, 0.3) is 11.0 Å². The number of nitrogens with two attached hydrogens (primary N) is 1. The summed E-state index contributed by atoms with van der Waals surface area (Å²) in [7, 11) is -3.12. The van der Waals surface area contributed by atoms with Crippen molar-refractivity contribution in [1.82, 2.24) is 9.55 Å². The molecule has 0 aliphatic heterocycles. The number of anilines is 1. The Morgan fingerprint density at radius 2 is 1.95 bits per heavy atom. The molecule has 2 N–H and O–H groups in total. The Labute approximate surface area is 121 Å². The van der Waals surface area contributed by atoms with Crippen LogP contribution in [0.15, 0.2) is 12.1 Å². The summed E-state index contributed by atoms with van der Waals surface area (Å²) in [6, 6.07) is 2.91. The Hall–Kier alpha value is -0.980. The molecule has 1 aromatic heterocycles. The molecule has 5 nitrogen and oxygen atoms in total. The van der Waals surface area contributed by atoms with E-state index in [0.717, 1.165) is 0 Å². The lowest BCUT2D eigenvalue weighted by atomic mass is 10.3. The van der Waals surface area contributed by atoms with Gasteiger partial charge in [-0.2, -0.15) is 0 Å². The van der Waals surface area contributed by atoms with Crippen LogP contribution < -0.4 is 5.73 Å². The van der Waals surface area contributed by atoms with Crippen LogP contribution in [0, 0.1) is 0 Å². The van der Waals surface area contributed by atoms with Crippen molar-refractivity contribution < 1.29 is 8.42 Å². The minimum atomic E-state index is -3.12. The number of rotatable bonds is 3. The Bertz CT molecular complexity index is 740. The van der Waals surface area contributed by atoms with Gasteiger partial charge in [0.15, 0.2) is 0 Å². The van der Waals surface area contributed by atoms with E-state index < -0.39 is 9.84 Å². The van der Waals surface area contributed by atoms with Crippen LogP contribution in [0.5, 0.6) is 0 Å². The first-order valence-corrected chi connectivity index (χ1v) is 8.31. The van der Waals surface area contributed by atoms with Crippen LogP contribution in [0.2, 0.25) is 10.0 Å². The number of fused-ring (bicyclic) bond motifs is 1. The molecule has 19 heavy (non-hydrogen) atoms. The molecular weight excluding hydrogens is 309 g/mol. The zero-order chi connectivity index (χ0) is 14.4. The normalized spacial score (nSPS) is 13.9. The van der Waals surface area contributed by atoms with Crippen molar-refractivity contribution in [3.8, 4) is 0 Å². The Morgan fingerprint density at radius 1 is 1.37 bits per heavy atom. The topological polar surface area (TPSA) is 78.0 Å². The van der Waals surface area contributed by atoms with Crippen LogP contribution in [0.3, 0.4) is 0 Å². The molecule has 2 rings (SSSR count). The van der Waals surface area contributed by atoms with Crippen molar-refractivity contribution in [2.24, 2.45) is 0 Å². The molecule has 0 amide bonds. The van der Waals surface area contributed by atoms with Gasteiger partial charge in [-0.25, -0.2) is 13.4 Å². The quantitative estimate of drug-likeness (QED) is 0.942. The molecule has 2 aromatic rings. The van der Waals surface area contributed by atoms with Gasteiger partial charge in [-0.3, -0.25) is 0 Å². The summed E-state index contributed by atoms with van der Waals surface area (Å²) in [5.41, 5.74) is 7.10. The van der Waals surface area contributed by atoms with Crippen LogP contribution in [0.1, 0.15) is 13.0 Å². The van der Waals surface area contributed by atoms with E-state index in [1.54, 1.807) is 23.6 Å². The smallest absolute Gasteiger partial charge is 0.201 e. The molecule has 1 atom stereocenters. The Morgan fingerprint density at radius 3 is 2.53 bits per heavy atom. The molecule has 0 spiro atoms. The first-order valence-electron chi connectivity index (χ1n) is 5.49. The number of imidazole rings is 1. The van der Waals surface area contributed by atoms with Gasteiger partial charge in [0.25, 0.3) is 0 Å². The second-order valence-electron chi connectivity index (χ2n) is 4.54. The summed E-state index contributed by atoms with van der Waals surface area (Å²) in [5, 5.41) is 0.761. The van der Waals surface area contributed by atoms with Gasteiger partial charge in [0.2, 0.25) is 5.95 Å². The predicted molar refractivity (Wildman–Crippen MR) is 78.6 cm³/mol. The van der Waals surface area contributed by atoms with E-state index >= 15 is 0 Å². The summed E-state index contributed by atoms with van der Waals surface area (Å²) in [5.74, 6) is 0.215. The molecule has 0 radical (unpaired) electrons. The number of nitrogens with zero attached hydrogens (tertiary/aromatic N) is 2. The standard InChI is InChI=1S/C11H13Cl2N3O2S/c1-6(5-19(2,17)18)16-10-4-8(13)7(12)3-9(10)15-11(16)14/h3-4,6H,5H2,1-2H3,(H2,14,15). The summed E-state index contributed by atoms with van der Waals surface area (Å²) in [6.07, 6.45) is 1.18. The van der Waals surface area contributed by atoms with Crippen molar-refractivity contribution >= 4 is 50.0 Å². The van der Waals surface area contributed by atoms with Gasteiger partial charge < -0.3 is 10.3 Å². The van der Waals surface area contributed by atoms with E-state index in [2.05, 4.69) is 4.98 Å². The van der Waals surface area contributed by atoms with Gasteiger partial charge in [0, 0.05) is 12.3 Å².